The van der Waals surface area contributed by atoms with Crippen LogP contribution in [0.25, 0.3) is 28.0 Å². The summed E-state index contributed by atoms with van der Waals surface area (Å²) in [7, 11) is 0. The van der Waals surface area contributed by atoms with Crippen molar-refractivity contribution in [3.05, 3.63) is 77.9 Å². The highest BCUT2D eigenvalue weighted by Gasteiger charge is 2.24. The summed E-state index contributed by atoms with van der Waals surface area (Å²) in [6, 6.07) is 20.9. The molecule has 1 aliphatic heterocycles. The average molecular weight is 532 g/mol. The number of nitrogens with zero attached hydrogens (tertiary/aromatic N) is 3. The van der Waals surface area contributed by atoms with E-state index in [-0.39, 0.29) is 5.91 Å². The fourth-order valence-electron chi connectivity index (χ4n) is 4.18. The van der Waals surface area contributed by atoms with Crippen molar-refractivity contribution in [2.75, 3.05) is 18.5 Å². The maximum Gasteiger partial charge on any atom is 0.237 e. The van der Waals surface area contributed by atoms with Gasteiger partial charge >= 0.3 is 0 Å². The molecule has 1 amide bonds. The molecule has 10 heteroatoms. The Morgan fingerprint density at radius 2 is 1.84 bits per heavy atom. The molecule has 1 atom stereocenters. The van der Waals surface area contributed by atoms with Crippen LogP contribution in [0.5, 0.6) is 11.5 Å². The van der Waals surface area contributed by atoms with E-state index in [1.54, 1.807) is 18.2 Å². The van der Waals surface area contributed by atoms with E-state index in [1.807, 2.05) is 66.2 Å². The van der Waals surface area contributed by atoms with E-state index in [0.717, 1.165) is 22.2 Å². The number of halogens is 1. The molecule has 6 rings (SSSR count). The summed E-state index contributed by atoms with van der Waals surface area (Å²) in [6.45, 7) is 2.83. The normalized spacial score (nSPS) is 13.5. The number of aromatic nitrogens is 4. The Bertz CT molecular complexity index is 1600. The first kappa shape index (κ1) is 23.4. The van der Waals surface area contributed by atoms with Crippen molar-refractivity contribution in [1.29, 1.82) is 0 Å². The van der Waals surface area contributed by atoms with Crippen molar-refractivity contribution in [2.24, 2.45) is 0 Å². The Hall–Kier alpha value is -3.95. The molecule has 0 saturated heterocycles. The molecule has 2 aromatic heterocycles. The number of aromatic amines is 1. The van der Waals surface area contributed by atoms with Crippen LogP contribution < -0.4 is 14.8 Å². The zero-order valence-electron chi connectivity index (χ0n) is 19.8. The first-order valence-corrected chi connectivity index (χ1v) is 13.0. The van der Waals surface area contributed by atoms with Gasteiger partial charge in [-0.15, -0.1) is 10.2 Å². The standard InChI is InChI=1S/C27H22ClN5O3S/c1-16(26(34)30-18-8-11-23-24(14-18)36-13-12-35-23)37-27-32-31-25(33(27)19-9-6-17(28)7-10-19)21-15-29-22-5-3-2-4-20(21)22/h2-11,14-16,29H,12-13H2,1H3,(H,30,34). The minimum Gasteiger partial charge on any atom is -0.486 e. The van der Waals surface area contributed by atoms with Crippen molar-refractivity contribution in [1.82, 2.24) is 19.7 Å². The van der Waals surface area contributed by atoms with Gasteiger partial charge in [-0.2, -0.15) is 0 Å². The van der Waals surface area contributed by atoms with Crippen LogP contribution in [0, 0.1) is 0 Å². The van der Waals surface area contributed by atoms with Crippen molar-refractivity contribution in [3.63, 3.8) is 0 Å². The number of benzene rings is 3. The van der Waals surface area contributed by atoms with E-state index in [0.29, 0.717) is 46.4 Å². The van der Waals surface area contributed by atoms with Crippen LogP contribution in [0.15, 0.2) is 78.1 Å². The number of carbonyl (C=O) groups is 1. The second-order valence-corrected chi connectivity index (χ2v) is 10.2. The number of rotatable bonds is 6. The Balaban J connectivity index is 1.30. The van der Waals surface area contributed by atoms with Crippen LogP contribution in [0.1, 0.15) is 6.92 Å². The number of amides is 1. The van der Waals surface area contributed by atoms with E-state index in [1.165, 1.54) is 11.8 Å². The van der Waals surface area contributed by atoms with Crippen LogP contribution in [-0.4, -0.2) is 44.1 Å². The predicted molar refractivity (Wildman–Crippen MR) is 145 cm³/mol. The SMILES string of the molecule is CC(Sc1nnc(-c2c[nH]c3ccccc23)n1-c1ccc(Cl)cc1)C(=O)Nc1ccc2c(c1)OCCO2. The third kappa shape index (κ3) is 4.63. The van der Waals surface area contributed by atoms with E-state index >= 15 is 0 Å². The van der Waals surface area contributed by atoms with Gasteiger partial charge in [0, 0.05) is 45.1 Å². The number of fused-ring (bicyclic) bond motifs is 2. The number of hydrogen-bond acceptors (Lipinski definition) is 6. The van der Waals surface area contributed by atoms with Crippen molar-refractivity contribution in [3.8, 4) is 28.6 Å². The summed E-state index contributed by atoms with van der Waals surface area (Å²) in [5.41, 5.74) is 3.40. The Morgan fingerprint density at radius 3 is 2.68 bits per heavy atom. The lowest BCUT2D eigenvalue weighted by atomic mass is 10.1. The maximum atomic E-state index is 13.1. The lowest BCUT2D eigenvalue weighted by molar-refractivity contribution is -0.115. The van der Waals surface area contributed by atoms with Gasteiger partial charge < -0.3 is 19.8 Å². The summed E-state index contributed by atoms with van der Waals surface area (Å²) < 4.78 is 13.1. The molecule has 3 heterocycles. The lowest BCUT2D eigenvalue weighted by Crippen LogP contribution is -2.23. The molecule has 8 nitrogen and oxygen atoms in total. The van der Waals surface area contributed by atoms with E-state index in [9.17, 15) is 4.79 Å². The molecular weight excluding hydrogens is 510 g/mol. The van der Waals surface area contributed by atoms with Gasteiger partial charge in [-0.25, -0.2) is 0 Å². The molecule has 3 aromatic carbocycles. The quantitative estimate of drug-likeness (QED) is 0.263. The summed E-state index contributed by atoms with van der Waals surface area (Å²) in [4.78, 5) is 16.4. The molecule has 186 valence electrons. The van der Waals surface area contributed by atoms with Gasteiger partial charge in [-0.1, -0.05) is 41.6 Å². The van der Waals surface area contributed by atoms with E-state index < -0.39 is 5.25 Å². The zero-order chi connectivity index (χ0) is 25.4. The van der Waals surface area contributed by atoms with Crippen molar-refractivity contribution < 1.29 is 14.3 Å². The fourth-order valence-corrected chi connectivity index (χ4v) is 5.17. The maximum absolute atomic E-state index is 13.1. The molecule has 0 saturated carbocycles. The Morgan fingerprint density at radius 1 is 1.05 bits per heavy atom. The van der Waals surface area contributed by atoms with Gasteiger partial charge in [0.2, 0.25) is 5.91 Å². The molecule has 0 bridgehead atoms. The minimum absolute atomic E-state index is 0.166. The van der Waals surface area contributed by atoms with Crippen LogP contribution >= 0.6 is 23.4 Å². The number of hydrogen-bond donors (Lipinski definition) is 2. The highest BCUT2D eigenvalue weighted by molar-refractivity contribution is 8.00. The number of nitrogens with one attached hydrogen (secondary N) is 2. The molecular formula is C27H22ClN5O3S. The average Bonchev–Trinajstić information content (AvgIpc) is 3.53. The van der Waals surface area contributed by atoms with E-state index in [4.69, 9.17) is 21.1 Å². The van der Waals surface area contributed by atoms with Gasteiger partial charge in [-0.05, 0) is 49.4 Å². The number of thioether (sulfide) groups is 1. The monoisotopic (exact) mass is 531 g/mol. The second-order valence-electron chi connectivity index (χ2n) is 8.47. The summed E-state index contributed by atoms with van der Waals surface area (Å²) in [6.07, 6.45) is 1.92. The van der Waals surface area contributed by atoms with Crippen molar-refractivity contribution >= 4 is 45.9 Å². The molecule has 5 aromatic rings. The highest BCUT2D eigenvalue weighted by Crippen LogP contribution is 2.35. The number of anilines is 1. The van der Waals surface area contributed by atoms with Gasteiger partial charge in [-0.3, -0.25) is 9.36 Å². The van der Waals surface area contributed by atoms with Gasteiger partial charge in [0.25, 0.3) is 0 Å². The number of para-hydroxylation sites is 1. The Labute approximate surface area is 222 Å². The molecule has 0 spiro atoms. The van der Waals surface area contributed by atoms with Crippen LogP contribution in [0.3, 0.4) is 0 Å². The summed E-state index contributed by atoms with van der Waals surface area (Å²) in [5.74, 6) is 1.80. The number of ether oxygens (including phenoxy) is 2. The number of H-pyrrole nitrogens is 1. The predicted octanol–water partition coefficient (Wildman–Crippen LogP) is 5.96. The van der Waals surface area contributed by atoms with Gasteiger partial charge in [0.1, 0.15) is 13.2 Å². The molecule has 1 aliphatic rings. The van der Waals surface area contributed by atoms with Crippen molar-refractivity contribution in [2.45, 2.75) is 17.3 Å². The lowest BCUT2D eigenvalue weighted by Gasteiger charge is -2.19. The van der Waals surface area contributed by atoms with E-state index in [2.05, 4.69) is 20.5 Å². The molecule has 0 fully saturated rings. The summed E-state index contributed by atoms with van der Waals surface area (Å²) >= 11 is 7.48. The first-order chi connectivity index (χ1) is 18.1. The third-order valence-electron chi connectivity index (χ3n) is 6.01. The van der Waals surface area contributed by atoms with Gasteiger partial charge in [0.05, 0.1) is 5.25 Å². The van der Waals surface area contributed by atoms with Crippen LogP contribution in [0.2, 0.25) is 5.02 Å². The topological polar surface area (TPSA) is 94.1 Å². The van der Waals surface area contributed by atoms with Crippen LogP contribution in [-0.2, 0) is 4.79 Å². The fraction of sp³-hybridized carbons (Fsp3) is 0.148. The first-order valence-electron chi connectivity index (χ1n) is 11.7. The highest BCUT2D eigenvalue weighted by atomic mass is 35.5. The Kier molecular flexibility index (Phi) is 6.23. The van der Waals surface area contributed by atoms with Gasteiger partial charge in [0.15, 0.2) is 22.5 Å². The largest absolute Gasteiger partial charge is 0.486 e. The smallest absolute Gasteiger partial charge is 0.237 e. The minimum atomic E-state index is -0.459. The van der Waals surface area contributed by atoms with Crippen LogP contribution in [0.4, 0.5) is 5.69 Å². The molecule has 37 heavy (non-hydrogen) atoms. The third-order valence-corrected chi connectivity index (χ3v) is 7.30. The second kappa shape index (κ2) is 9.84. The molecule has 0 radical (unpaired) electrons. The number of carbonyl (C=O) groups excluding carboxylic acids is 1. The summed E-state index contributed by atoms with van der Waals surface area (Å²) in [5, 5.41) is 13.8. The zero-order valence-corrected chi connectivity index (χ0v) is 21.3. The molecule has 1 unspecified atom stereocenters. The molecule has 2 N–H and O–H groups in total. The molecule has 0 aliphatic carbocycles.